The topological polar surface area (TPSA) is 50.2 Å². The molecule has 0 aliphatic rings. The van der Waals surface area contributed by atoms with Gasteiger partial charge in [0.1, 0.15) is 12.6 Å². The summed E-state index contributed by atoms with van der Waals surface area (Å²) < 4.78 is 0.842. The summed E-state index contributed by atoms with van der Waals surface area (Å²) in [5.74, 6) is 0. The van der Waals surface area contributed by atoms with Crippen LogP contribution in [0.5, 0.6) is 0 Å². The van der Waals surface area contributed by atoms with Crippen LogP contribution in [0.3, 0.4) is 0 Å². The summed E-state index contributed by atoms with van der Waals surface area (Å²) in [6.07, 6.45) is 0.722. The highest BCUT2D eigenvalue weighted by atomic mass is 16.3. The van der Waals surface area contributed by atoms with Crippen LogP contribution in [-0.4, -0.2) is 48.9 Å². The predicted octanol–water partition coefficient (Wildman–Crippen LogP) is 0.287. The Bertz CT molecular complexity index is 78.2. The molecule has 0 fully saturated rings. The summed E-state index contributed by atoms with van der Waals surface area (Å²) in [4.78, 5) is 0. The molecule has 2 N–H and O–H groups in total. The maximum atomic E-state index is 9.18. The maximum absolute atomic E-state index is 9.18. The summed E-state index contributed by atoms with van der Waals surface area (Å²) in [6, 6.07) is 0. The molecule has 0 aromatic rings. The molecule has 0 saturated heterocycles. The lowest BCUT2D eigenvalue weighted by atomic mass is 10.2. The number of nitrogens with zero attached hydrogens (tertiary/aromatic N) is 1. The fourth-order valence-electron chi connectivity index (χ4n) is 0.761. The Morgan fingerprint density at radius 3 is 1.80 bits per heavy atom. The Balaban J connectivity index is 0. The summed E-state index contributed by atoms with van der Waals surface area (Å²) in [5, 5.41) is 9.18. The van der Waals surface area contributed by atoms with Gasteiger partial charge in [-0.1, -0.05) is 6.92 Å². The Hall–Kier alpha value is -0.120. The van der Waals surface area contributed by atoms with Gasteiger partial charge in [0.2, 0.25) is 0 Å². The third kappa shape index (κ3) is 7.88. The second-order valence-corrected chi connectivity index (χ2v) is 3.53. The van der Waals surface area contributed by atoms with Gasteiger partial charge in [-0.05, 0) is 6.42 Å². The van der Waals surface area contributed by atoms with E-state index in [0.29, 0.717) is 0 Å². The number of aliphatic hydroxyl groups is 1. The van der Waals surface area contributed by atoms with Gasteiger partial charge in [-0.15, -0.1) is 0 Å². The first-order chi connectivity index (χ1) is 3.95. The molecule has 0 rings (SSSR count). The van der Waals surface area contributed by atoms with E-state index in [0.717, 1.165) is 17.4 Å². The molecule has 0 aliphatic carbocycles. The summed E-state index contributed by atoms with van der Waals surface area (Å²) >= 11 is 0. The van der Waals surface area contributed by atoms with Crippen LogP contribution in [-0.2, 0) is 0 Å². The Kier molecular flexibility index (Phi) is 5.84. The van der Waals surface area contributed by atoms with Crippen molar-refractivity contribution in [1.29, 1.82) is 0 Å². The molecule has 0 heterocycles. The van der Waals surface area contributed by atoms with Crippen molar-refractivity contribution >= 4 is 0 Å². The molecule has 0 radical (unpaired) electrons. The van der Waals surface area contributed by atoms with Crippen molar-refractivity contribution in [3.8, 4) is 0 Å². The number of rotatable bonds is 3. The van der Waals surface area contributed by atoms with Crippen LogP contribution in [0.15, 0.2) is 0 Å². The van der Waals surface area contributed by atoms with Gasteiger partial charge in [-0.2, -0.15) is 0 Å². The summed E-state index contributed by atoms with van der Waals surface area (Å²) in [6.45, 7) is 2.84. The van der Waals surface area contributed by atoms with E-state index in [1.807, 2.05) is 6.92 Å². The molecule has 0 amide bonds. The SMILES string of the molecule is CC[C@H](O)C[N+](C)(C)C.[OH-]. The summed E-state index contributed by atoms with van der Waals surface area (Å²) in [7, 11) is 6.25. The molecule has 3 heteroatoms. The maximum Gasteiger partial charge on any atom is 0.104 e. The van der Waals surface area contributed by atoms with Crippen LogP contribution in [0.1, 0.15) is 13.3 Å². The van der Waals surface area contributed by atoms with Gasteiger partial charge in [0.05, 0.1) is 21.1 Å². The van der Waals surface area contributed by atoms with Gasteiger partial charge < -0.3 is 15.1 Å². The van der Waals surface area contributed by atoms with Crippen LogP contribution in [0, 0.1) is 0 Å². The third-order valence-electron chi connectivity index (χ3n) is 1.23. The van der Waals surface area contributed by atoms with Gasteiger partial charge in [-0.3, -0.25) is 0 Å². The van der Waals surface area contributed by atoms with Crippen LogP contribution in [0.25, 0.3) is 0 Å². The summed E-state index contributed by atoms with van der Waals surface area (Å²) in [5.41, 5.74) is 0. The van der Waals surface area contributed by atoms with Crippen molar-refractivity contribution in [2.45, 2.75) is 19.4 Å². The van der Waals surface area contributed by atoms with E-state index in [1.165, 1.54) is 0 Å². The van der Waals surface area contributed by atoms with Crippen LogP contribution >= 0.6 is 0 Å². The molecule has 64 valence electrons. The average Bonchev–Trinajstić information content (AvgIpc) is 1.62. The number of hydrogen-bond acceptors (Lipinski definition) is 2. The largest absolute Gasteiger partial charge is 0.870 e. The highest BCUT2D eigenvalue weighted by Gasteiger charge is 2.12. The van der Waals surface area contributed by atoms with Gasteiger partial charge in [0.15, 0.2) is 0 Å². The van der Waals surface area contributed by atoms with Crippen molar-refractivity contribution < 1.29 is 15.1 Å². The fraction of sp³-hybridized carbons (Fsp3) is 1.00. The second kappa shape index (κ2) is 4.66. The molecule has 0 saturated carbocycles. The highest BCUT2D eigenvalue weighted by Crippen LogP contribution is 1.97. The van der Waals surface area contributed by atoms with Gasteiger partial charge in [-0.25, -0.2) is 0 Å². The Labute approximate surface area is 63.2 Å². The van der Waals surface area contributed by atoms with E-state index in [-0.39, 0.29) is 11.6 Å². The lowest BCUT2D eigenvalue weighted by Gasteiger charge is -2.26. The van der Waals surface area contributed by atoms with Gasteiger partial charge in [0.25, 0.3) is 0 Å². The first-order valence-electron chi connectivity index (χ1n) is 3.44. The molecular weight excluding hydrogens is 130 g/mol. The molecule has 3 nitrogen and oxygen atoms in total. The predicted molar refractivity (Wildman–Crippen MR) is 41.1 cm³/mol. The zero-order valence-corrected chi connectivity index (χ0v) is 7.33. The number of quaternary nitrogens is 1. The van der Waals surface area contributed by atoms with E-state index in [2.05, 4.69) is 21.1 Å². The monoisotopic (exact) mass is 149 g/mol. The first kappa shape index (κ1) is 12.5. The highest BCUT2D eigenvalue weighted by molar-refractivity contribution is 4.47. The Morgan fingerprint density at radius 1 is 1.30 bits per heavy atom. The first-order valence-corrected chi connectivity index (χ1v) is 3.44. The van der Waals surface area contributed by atoms with Crippen molar-refractivity contribution in [2.75, 3.05) is 27.7 Å². The van der Waals surface area contributed by atoms with Crippen molar-refractivity contribution in [3.63, 3.8) is 0 Å². The molecule has 10 heavy (non-hydrogen) atoms. The van der Waals surface area contributed by atoms with E-state index >= 15 is 0 Å². The number of hydrogen-bond donors (Lipinski definition) is 1. The molecule has 0 unspecified atom stereocenters. The van der Waals surface area contributed by atoms with Crippen LogP contribution in [0.2, 0.25) is 0 Å². The van der Waals surface area contributed by atoms with E-state index < -0.39 is 0 Å². The van der Waals surface area contributed by atoms with Crippen molar-refractivity contribution in [2.24, 2.45) is 0 Å². The Morgan fingerprint density at radius 2 is 1.70 bits per heavy atom. The molecule has 0 aliphatic heterocycles. The zero-order chi connectivity index (χ0) is 7.49. The van der Waals surface area contributed by atoms with Crippen molar-refractivity contribution in [3.05, 3.63) is 0 Å². The number of likely N-dealkylation sites (N-methyl/N-ethyl adjacent to an activating group) is 1. The van der Waals surface area contributed by atoms with Gasteiger partial charge >= 0.3 is 0 Å². The quantitative estimate of drug-likeness (QED) is 0.586. The molecule has 1 atom stereocenters. The molecule has 0 aromatic carbocycles. The van der Waals surface area contributed by atoms with E-state index in [4.69, 9.17) is 0 Å². The second-order valence-electron chi connectivity index (χ2n) is 3.53. The lowest BCUT2D eigenvalue weighted by Crippen LogP contribution is -2.41. The van der Waals surface area contributed by atoms with E-state index in [9.17, 15) is 5.11 Å². The van der Waals surface area contributed by atoms with E-state index in [1.54, 1.807) is 0 Å². The zero-order valence-electron chi connectivity index (χ0n) is 7.33. The van der Waals surface area contributed by atoms with Gasteiger partial charge in [0, 0.05) is 0 Å². The molecule has 0 spiro atoms. The average molecular weight is 149 g/mol. The van der Waals surface area contributed by atoms with Crippen LogP contribution < -0.4 is 0 Å². The minimum Gasteiger partial charge on any atom is -0.870 e. The van der Waals surface area contributed by atoms with Crippen LogP contribution in [0.4, 0.5) is 0 Å². The molecular formula is C7H19NO2. The fourth-order valence-corrected chi connectivity index (χ4v) is 0.761. The minimum atomic E-state index is -0.134. The minimum absolute atomic E-state index is 0. The standard InChI is InChI=1S/C7H18NO.H2O/c1-5-7(9)6-8(2,3)4;/h7,9H,5-6H2,1-4H3;1H2/q+1;/p-1/t7-;/m0./s1. The number of aliphatic hydroxyl groups excluding tert-OH is 1. The molecule has 0 aromatic heterocycles. The lowest BCUT2D eigenvalue weighted by molar-refractivity contribution is -0.873. The third-order valence-corrected chi connectivity index (χ3v) is 1.23. The normalized spacial score (nSPS) is 14.1. The molecule has 0 bridgehead atoms. The van der Waals surface area contributed by atoms with Crippen molar-refractivity contribution in [1.82, 2.24) is 0 Å². The smallest absolute Gasteiger partial charge is 0.104 e.